The first kappa shape index (κ1) is 15.2. The van der Waals surface area contributed by atoms with E-state index in [-0.39, 0.29) is 21.4 Å². The van der Waals surface area contributed by atoms with Crippen molar-refractivity contribution in [1.82, 2.24) is 4.98 Å². The number of nitrogens with two attached hydrogens (primary N) is 1. The summed E-state index contributed by atoms with van der Waals surface area (Å²) in [4.78, 5) is 14.7. The molecule has 21 heavy (non-hydrogen) atoms. The molecule has 10 heteroatoms. The summed E-state index contributed by atoms with van der Waals surface area (Å²) in [6, 6.07) is 3.19. The topological polar surface area (TPSA) is 128 Å². The van der Waals surface area contributed by atoms with E-state index in [0.717, 1.165) is 28.8 Å². The smallest absolute Gasteiger partial charge is 0.271 e. The van der Waals surface area contributed by atoms with Crippen LogP contribution in [0.2, 0.25) is 0 Å². The van der Waals surface area contributed by atoms with E-state index in [1.165, 1.54) is 11.3 Å². The summed E-state index contributed by atoms with van der Waals surface area (Å²) < 4.78 is 26.8. The van der Waals surface area contributed by atoms with Gasteiger partial charge in [-0.15, -0.1) is 11.3 Å². The lowest BCUT2D eigenvalue weighted by Gasteiger charge is -2.07. The minimum atomic E-state index is -3.94. The Bertz CT molecular complexity index is 794. The number of rotatable bonds is 4. The molecule has 1 aromatic heterocycles. The molecule has 0 amide bonds. The Hall–Kier alpha value is -2.20. The summed E-state index contributed by atoms with van der Waals surface area (Å²) in [6.45, 7) is 3.59. The van der Waals surface area contributed by atoms with Crippen molar-refractivity contribution in [3.63, 3.8) is 0 Å². The summed E-state index contributed by atoms with van der Waals surface area (Å²) >= 11 is 1.20. The Balaban J connectivity index is 2.37. The van der Waals surface area contributed by atoms with Crippen molar-refractivity contribution >= 4 is 37.9 Å². The van der Waals surface area contributed by atoms with Gasteiger partial charge in [0.2, 0.25) is 0 Å². The van der Waals surface area contributed by atoms with Crippen molar-refractivity contribution in [3.05, 3.63) is 38.9 Å². The lowest BCUT2D eigenvalue weighted by Crippen LogP contribution is -2.14. The summed E-state index contributed by atoms with van der Waals surface area (Å²) in [6.07, 6.45) is 0. The third-order valence-corrected chi connectivity index (χ3v) is 5.27. The Kier molecular flexibility index (Phi) is 3.83. The molecule has 0 unspecified atom stereocenters. The number of anilines is 2. The number of thiazole rings is 1. The van der Waals surface area contributed by atoms with Gasteiger partial charge in [-0.25, -0.2) is 13.4 Å². The van der Waals surface area contributed by atoms with Gasteiger partial charge in [0.25, 0.3) is 15.7 Å². The number of nitrogen functional groups attached to an aromatic ring is 1. The van der Waals surface area contributed by atoms with Gasteiger partial charge in [0.1, 0.15) is 4.90 Å². The van der Waals surface area contributed by atoms with Crippen LogP contribution in [0.25, 0.3) is 0 Å². The zero-order chi connectivity index (χ0) is 15.8. The molecule has 0 spiro atoms. The Morgan fingerprint density at radius 3 is 2.52 bits per heavy atom. The van der Waals surface area contributed by atoms with E-state index in [9.17, 15) is 18.5 Å². The third kappa shape index (κ3) is 3.11. The lowest BCUT2D eigenvalue weighted by molar-refractivity contribution is -0.384. The molecule has 112 valence electrons. The molecule has 0 atom stereocenters. The van der Waals surface area contributed by atoms with Crippen LogP contribution in [-0.2, 0) is 10.0 Å². The summed E-state index contributed by atoms with van der Waals surface area (Å²) in [5, 5.41) is 10.8. The maximum Gasteiger partial charge on any atom is 0.271 e. The molecule has 1 heterocycles. The molecule has 0 aliphatic heterocycles. The van der Waals surface area contributed by atoms with Gasteiger partial charge in [0.05, 0.1) is 16.3 Å². The van der Waals surface area contributed by atoms with Crippen LogP contribution in [0.4, 0.5) is 16.5 Å². The van der Waals surface area contributed by atoms with Crippen molar-refractivity contribution in [2.45, 2.75) is 18.7 Å². The first-order valence-electron chi connectivity index (χ1n) is 5.71. The van der Waals surface area contributed by atoms with Crippen molar-refractivity contribution in [2.75, 3.05) is 10.5 Å². The molecule has 0 aliphatic carbocycles. The van der Waals surface area contributed by atoms with Gasteiger partial charge in [0, 0.05) is 17.0 Å². The highest BCUT2D eigenvalue weighted by Gasteiger charge is 2.21. The van der Waals surface area contributed by atoms with E-state index in [0.29, 0.717) is 0 Å². The fourth-order valence-electron chi connectivity index (χ4n) is 1.58. The fraction of sp³-hybridized carbons (Fsp3) is 0.182. The quantitative estimate of drug-likeness (QED) is 0.502. The van der Waals surface area contributed by atoms with Crippen LogP contribution < -0.4 is 10.5 Å². The van der Waals surface area contributed by atoms with Crippen molar-refractivity contribution in [3.8, 4) is 0 Å². The number of aromatic nitrogens is 1. The number of non-ortho nitro benzene ring substituents is 1. The normalized spacial score (nSPS) is 11.3. The van der Waals surface area contributed by atoms with Crippen LogP contribution in [0.5, 0.6) is 0 Å². The van der Waals surface area contributed by atoms with Gasteiger partial charge in [0.15, 0.2) is 5.13 Å². The maximum atomic E-state index is 12.2. The van der Waals surface area contributed by atoms with Gasteiger partial charge < -0.3 is 5.73 Å². The van der Waals surface area contributed by atoms with Crippen molar-refractivity contribution < 1.29 is 13.3 Å². The molecule has 0 fully saturated rings. The molecular formula is C11H12N4O4S2. The number of nitro benzene ring substituents is 1. The fourth-order valence-corrected chi connectivity index (χ4v) is 3.74. The molecule has 1 aromatic carbocycles. The molecule has 0 aliphatic rings. The van der Waals surface area contributed by atoms with Crippen LogP contribution in [-0.4, -0.2) is 18.3 Å². The summed E-state index contributed by atoms with van der Waals surface area (Å²) in [5.74, 6) is 0. The van der Waals surface area contributed by atoms with E-state index in [2.05, 4.69) is 9.71 Å². The molecule has 3 N–H and O–H groups in total. The van der Waals surface area contributed by atoms with Crippen molar-refractivity contribution in [2.24, 2.45) is 0 Å². The molecule has 0 bridgehead atoms. The number of aryl methyl sites for hydroxylation is 2. The summed E-state index contributed by atoms with van der Waals surface area (Å²) in [5.41, 5.74) is 5.86. The average Bonchev–Trinajstić information content (AvgIpc) is 2.66. The zero-order valence-corrected chi connectivity index (χ0v) is 12.8. The van der Waals surface area contributed by atoms with Gasteiger partial charge in [-0.1, -0.05) is 0 Å². The maximum absolute atomic E-state index is 12.2. The van der Waals surface area contributed by atoms with Gasteiger partial charge in [-0.3, -0.25) is 14.8 Å². The number of nitro groups is 1. The second-order valence-electron chi connectivity index (χ2n) is 4.25. The van der Waals surface area contributed by atoms with Crippen molar-refractivity contribution in [1.29, 1.82) is 0 Å². The van der Waals surface area contributed by atoms with Gasteiger partial charge in [-0.2, -0.15) is 0 Å². The minimum Gasteiger partial charge on any atom is -0.397 e. The predicted octanol–water partition coefficient (Wildman–Crippen LogP) is 2.05. The number of sulfonamides is 1. The SMILES string of the molecule is Cc1nc(NS(=O)(=O)c2ccc([N+](=O)[O-])cc2N)sc1C. The first-order valence-corrected chi connectivity index (χ1v) is 8.01. The third-order valence-electron chi connectivity index (χ3n) is 2.74. The monoisotopic (exact) mass is 328 g/mol. The van der Waals surface area contributed by atoms with E-state index < -0.39 is 14.9 Å². The molecule has 2 aromatic rings. The van der Waals surface area contributed by atoms with Crippen LogP contribution >= 0.6 is 11.3 Å². The zero-order valence-electron chi connectivity index (χ0n) is 11.2. The predicted molar refractivity (Wildman–Crippen MR) is 79.9 cm³/mol. The first-order chi connectivity index (χ1) is 9.70. The highest BCUT2D eigenvalue weighted by Crippen LogP contribution is 2.28. The van der Waals surface area contributed by atoms with Crippen LogP contribution in [0, 0.1) is 24.0 Å². The van der Waals surface area contributed by atoms with E-state index in [1.807, 2.05) is 6.92 Å². The Morgan fingerprint density at radius 1 is 1.38 bits per heavy atom. The number of hydrogen-bond acceptors (Lipinski definition) is 7. The lowest BCUT2D eigenvalue weighted by atomic mass is 10.3. The number of nitrogens with one attached hydrogen (secondary N) is 1. The highest BCUT2D eigenvalue weighted by molar-refractivity contribution is 7.93. The van der Waals surface area contributed by atoms with Crippen LogP contribution in [0.15, 0.2) is 23.1 Å². The molecule has 2 rings (SSSR count). The standard InChI is InChI=1S/C11H12N4O4S2/c1-6-7(2)20-11(13-6)14-21(18,19)10-4-3-8(15(16)17)5-9(10)12/h3-5H,12H2,1-2H3,(H,13,14). The molecule has 0 saturated heterocycles. The number of benzene rings is 1. The number of nitrogens with zero attached hydrogens (tertiary/aromatic N) is 2. The number of hydrogen-bond donors (Lipinski definition) is 2. The van der Waals surface area contributed by atoms with E-state index in [1.54, 1.807) is 6.92 Å². The van der Waals surface area contributed by atoms with E-state index >= 15 is 0 Å². The minimum absolute atomic E-state index is 0.193. The molecule has 0 saturated carbocycles. The largest absolute Gasteiger partial charge is 0.397 e. The molecule has 8 nitrogen and oxygen atoms in total. The molecular weight excluding hydrogens is 316 g/mol. The average molecular weight is 328 g/mol. The highest BCUT2D eigenvalue weighted by atomic mass is 32.2. The van der Waals surface area contributed by atoms with Crippen LogP contribution in [0.3, 0.4) is 0 Å². The Morgan fingerprint density at radius 2 is 2.05 bits per heavy atom. The van der Waals surface area contributed by atoms with Gasteiger partial charge in [-0.05, 0) is 19.9 Å². The molecule has 0 radical (unpaired) electrons. The second kappa shape index (κ2) is 5.30. The van der Waals surface area contributed by atoms with E-state index in [4.69, 9.17) is 5.73 Å². The second-order valence-corrected chi connectivity index (χ2v) is 7.10. The Labute approximate surface area is 124 Å². The van der Waals surface area contributed by atoms with Crippen LogP contribution in [0.1, 0.15) is 10.6 Å². The summed E-state index contributed by atoms with van der Waals surface area (Å²) in [7, 11) is -3.94. The van der Waals surface area contributed by atoms with Gasteiger partial charge >= 0.3 is 0 Å².